The Labute approximate surface area is 105 Å². The van der Waals surface area contributed by atoms with E-state index in [0.29, 0.717) is 12.8 Å². The SMILES string of the molecule is CCOC(=O)CP(c1ccccc1)C(C)(C)C. The van der Waals surface area contributed by atoms with Gasteiger partial charge in [0.25, 0.3) is 0 Å². The molecule has 0 aromatic heterocycles. The number of rotatable bonds is 4. The fourth-order valence-corrected chi connectivity index (χ4v) is 3.97. The fourth-order valence-electron chi connectivity index (χ4n) is 1.66. The lowest BCUT2D eigenvalue weighted by Gasteiger charge is -2.31. The van der Waals surface area contributed by atoms with Crippen LogP contribution in [0.2, 0.25) is 0 Å². The summed E-state index contributed by atoms with van der Waals surface area (Å²) in [5.41, 5.74) is 0. The van der Waals surface area contributed by atoms with Crippen LogP contribution in [0.1, 0.15) is 27.7 Å². The van der Waals surface area contributed by atoms with Gasteiger partial charge in [-0.25, -0.2) is 0 Å². The van der Waals surface area contributed by atoms with Crippen LogP contribution < -0.4 is 5.30 Å². The normalized spacial score (nSPS) is 13.2. The second kappa shape index (κ2) is 6.16. The third-order valence-electron chi connectivity index (χ3n) is 2.47. The van der Waals surface area contributed by atoms with Crippen LogP contribution in [0.4, 0.5) is 0 Å². The van der Waals surface area contributed by atoms with Crippen molar-refractivity contribution in [1.29, 1.82) is 0 Å². The maximum atomic E-state index is 11.7. The number of ether oxygens (including phenoxy) is 1. The first-order valence-electron chi connectivity index (χ1n) is 5.93. The van der Waals surface area contributed by atoms with Crippen LogP contribution in [0.25, 0.3) is 0 Å². The summed E-state index contributed by atoms with van der Waals surface area (Å²) in [6, 6.07) is 10.3. The van der Waals surface area contributed by atoms with Crippen LogP contribution in [-0.4, -0.2) is 23.9 Å². The van der Waals surface area contributed by atoms with Crippen molar-refractivity contribution in [3.8, 4) is 0 Å². The molecule has 3 heteroatoms. The van der Waals surface area contributed by atoms with Gasteiger partial charge >= 0.3 is 5.97 Å². The van der Waals surface area contributed by atoms with Gasteiger partial charge in [0.1, 0.15) is 0 Å². The maximum absolute atomic E-state index is 11.7. The summed E-state index contributed by atoms with van der Waals surface area (Å²) in [5.74, 6) is -0.0858. The van der Waals surface area contributed by atoms with Crippen molar-refractivity contribution in [1.82, 2.24) is 0 Å². The number of esters is 1. The molecule has 0 spiro atoms. The van der Waals surface area contributed by atoms with E-state index in [0.717, 1.165) is 0 Å². The molecule has 1 aromatic carbocycles. The summed E-state index contributed by atoms with van der Waals surface area (Å²) in [6.07, 6.45) is 0.511. The van der Waals surface area contributed by atoms with Crippen molar-refractivity contribution in [3.05, 3.63) is 30.3 Å². The topological polar surface area (TPSA) is 26.3 Å². The van der Waals surface area contributed by atoms with Crippen molar-refractivity contribution >= 4 is 19.2 Å². The minimum Gasteiger partial charge on any atom is -0.466 e. The first-order valence-corrected chi connectivity index (χ1v) is 7.46. The number of benzene rings is 1. The Morgan fingerprint density at radius 3 is 2.29 bits per heavy atom. The molecule has 0 radical (unpaired) electrons. The molecule has 94 valence electrons. The zero-order chi connectivity index (χ0) is 12.9. The van der Waals surface area contributed by atoms with Crippen molar-refractivity contribution in [2.75, 3.05) is 12.8 Å². The van der Waals surface area contributed by atoms with Gasteiger partial charge in [-0.2, -0.15) is 0 Å². The maximum Gasteiger partial charge on any atom is 0.310 e. The van der Waals surface area contributed by atoms with Crippen LogP contribution in [0.5, 0.6) is 0 Å². The lowest BCUT2D eigenvalue weighted by atomic mass is 10.3. The zero-order valence-corrected chi connectivity index (χ0v) is 12.0. The van der Waals surface area contributed by atoms with E-state index in [4.69, 9.17) is 4.74 Å². The summed E-state index contributed by atoms with van der Waals surface area (Å²) in [4.78, 5) is 11.7. The molecule has 1 rings (SSSR count). The smallest absolute Gasteiger partial charge is 0.310 e. The highest BCUT2D eigenvalue weighted by Crippen LogP contribution is 2.48. The average molecular weight is 252 g/mol. The molecule has 1 atom stereocenters. The van der Waals surface area contributed by atoms with Crippen molar-refractivity contribution in [2.45, 2.75) is 32.9 Å². The Bertz CT molecular complexity index is 354. The van der Waals surface area contributed by atoms with Crippen molar-refractivity contribution < 1.29 is 9.53 Å². The second-order valence-corrected chi connectivity index (χ2v) is 7.93. The molecule has 0 fully saturated rings. The Kier molecular flexibility index (Phi) is 5.14. The molecule has 1 aromatic rings. The molecule has 0 heterocycles. The van der Waals surface area contributed by atoms with E-state index in [1.54, 1.807) is 0 Å². The van der Waals surface area contributed by atoms with Gasteiger partial charge in [0.05, 0.1) is 12.8 Å². The molecule has 0 amide bonds. The molecular weight excluding hydrogens is 231 g/mol. The van der Waals surface area contributed by atoms with Crippen LogP contribution in [0.15, 0.2) is 30.3 Å². The highest BCUT2D eigenvalue weighted by Gasteiger charge is 2.28. The van der Waals surface area contributed by atoms with Gasteiger partial charge in [0.15, 0.2) is 0 Å². The van der Waals surface area contributed by atoms with E-state index in [1.165, 1.54) is 5.30 Å². The lowest BCUT2D eigenvalue weighted by molar-refractivity contribution is -0.139. The Morgan fingerprint density at radius 1 is 1.24 bits per heavy atom. The number of carbonyl (C=O) groups is 1. The molecule has 0 bridgehead atoms. The molecule has 0 N–H and O–H groups in total. The van der Waals surface area contributed by atoms with Gasteiger partial charge in [-0.3, -0.25) is 4.79 Å². The molecule has 0 saturated heterocycles. The van der Waals surface area contributed by atoms with E-state index in [1.807, 2.05) is 25.1 Å². The van der Waals surface area contributed by atoms with Gasteiger partial charge < -0.3 is 4.74 Å². The molecule has 2 nitrogen and oxygen atoms in total. The van der Waals surface area contributed by atoms with Gasteiger partial charge in [-0.1, -0.05) is 59.0 Å². The van der Waals surface area contributed by atoms with E-state index in [9.17, 15) is 4.79 Å². The molecule has 0 aliphatic carbocycles. The van der Waals surface area contributed by atoms with E-state index in [-0.39, 0.29) is 11.1 Å². The van der Waals surface area contributed by atoms with Gasteiger partial charge in [-0.15, -0.1) is 0 Å². The van der Waals surface area contributed by atoms with E-state index in [2.05, 4.69) is 32.9 Å². The summed E-state index contributed by atoms with van der Waals surface area (Å²) >= 11 is 0. The average Bonchev–Trinajstić information content (AvgIpc) is 2.26. The Balaban J connectivity index is 2.87. The minimum absolute atomic E-state index is 0.0858. The first kappa shape index (κ1) is 14.2. The standard InChI is InChI=1S/C14H21O2P/c1-5-16-13(15)11-17(14(2,3)4)12-9-7-6-8-10-12/h6-10H,5,11H2,1-4H3. The summed E-state index contributed by atoms with van der Waals surface area (Å²) in [6.45, 7) is 8.86. The molecule has 1 unspecified atom stereocenters. The number of hydrogen-bond acceptors (Lipinski definition) is 2. The monoisotopic (exact) mass is 252 g/mol. The van der Waals surface area contributed by atoms with Crippen molar-refractivity contribution in [3.63, 3.8) is 0 Å². The third kappa shape index (κ3) is 4.47. The zero-order valence-electron chi connectivity index (χ0n) is 11.1. The Morgan fingerprint density at radius 2 is 1.82 bits per heavy atom. The predicted octanol–water partition coefficient (Wildman–Crippen LogP) is 3.16. The number of carbonyl (C=O) groups excluding carboxylic acids is 1. The van der Waals surface area contributed by atoms with Gasteiger partial charge in [-0.05, 0) is 17.4 Å². The quantitative estimate of drug-likeness (QED) is 0.608. The summed E-state index contributed by atoms with van der Waals surface area (Å²) in [7, 11) is -0.522. The summed E-state index contributed by atoms with van der Waals surface area (Å²) < 4.78 is 5.07. The lowest BCUT2D eigenvalue weighted by Crippen LogP contribution is -2.25. The largest absolute Gasteiger partial charge is 0.466 e. The van der Waals surface area contributed by atoms with Crippen LogP contribution in [0, 0.1) is 0 Å². The highest BCUT2D eigenvalue weighted by atomic mass is 31.1. The first-order chi connectivity index (χ1) is 7.95. The van der Waals surface area contributed by atoms with E-state index < -0.39 is 7.92 Å². The van der Waals surface area contributed by atoms with E-state index >= 15 is 0 Å². The van der Waals surface area contributed by atoms with Crippen LogP contribution in [0.3, 0.4) is 0 Å². The van der Waals surface area contributed by atoms with Crippen LogP contribution >= 0.6 is 7.92 Å². The number of hydrogen-bond donors (Lipinski definition) is 0. The van der Waals surface area contributed by atoms with Crippen LogP contribution in [-0.2, 0) is 9.53 Å². The highest BCUT2D eigenvalue weighted by molar-refractivity contribution is 7.67. The summed E-state index contributed by atoms with van der Waals surface area (Å²) in [5, 5.41) is 1.38. The molecule has 0 aliphatic rings. The second-order valence-electron chi connectivity index (χ2n) is 4.90. The molecule has 0 saturated carbocycles. The molecule has 17 heavy (non-hydrogen) atoms. The third-order valence-corrected chi connectivity index (χ3v) is 5.59. The van der Waals surface area contributed by atoms with Crippen molar-refractivity contribution in [2.24, 2.45) is 0 Å². The molecular formula is C14H21O2P. The minimum atomic E-state index is -0.522. The van der Waals surface area contributed by atoms with Gasteiger partial charge in [0.2, 0.25) is 0 Å². The predicted molar refractivity (Wildman–Crippen MR) is 74.2 cm³/mol. The molecule has 0 aliphatic heterocycles. The van der Waals surface area contributed by atoms with Gasteiger partial charge in [0, 0.05) is 0 Å². The fraction of sp³-hybridized carbons (Fsp3) is 0.500. The Hall–Kier alpha value is -0.880.